The molecule has 4 heteroatoms. The van der Waals surface area contributed by atoms with Gasteiger partial charge in [-0.3, -0.25) is 0 Å². The van der Waals surface area contributed by atoms with Gasteiger partial charge in [-0.2, -0.15) is 0 Å². The van der Waals surface area contributed by atoms with Gasteiger partial charge in [-0.05, 0) is 31.1 Å². The summed E-state index contributed by atoms with van der Waals surface area (Å²) in [4.78, 5) is 8.73. The van der Waals surface area contributed by atoms with E-state index in [1.54, 1.807) is 6.20 Å². The minimum absolute atomic E-state index is 0.101. The van der Waals surface area contributed by atoms with Crippen LogP contribution in [-0.4, -0.2) is 21.2 Å². The number of rotatable bonds is 4. The summed E-state index contributed by atoms with van der Waals surface area (Å²) in [5, 5.41) is 9.47. The maximum atomic E-state index is 9.47. The molecule has 1 aliphatic rings. The molecule has 1 aromatic heterocycles. The maximum absolute atomic E-state index is 9.47. The van der Waals surface area contributed by atoms with Gasteiger partial charge in [0.2, 0.25) is 0 Å². The molecule has 2 rings (SSSR count). The second-order valence-electron chi connectivity index (χ2n) is 6.83. The summed E-state index contributed by atoms with van der Waals surface area (Å²) in [6.45, 7) is 8.60. The fourth-order valence-corrected chi connectivity index (χ4v) is 2.58. The highest BCUT2D eigenvalue weighted by Crippen LogP contribution is 2.36. The van der Waals surface area contributed by atoms with Crippen molar-refractivity contribution in [3.63, 3.8) is 0 Å². The normalized spacial score (nSPS) is 19.3. The number of hydrogen-bond acceptors (Lipinski definition) is 4. The number of hydrogen-bond donors (Lipinski definition) is 1. The van der Waals surface area contributed by atoms with Crippen LogP contribution in [0.25, 0.3) is 0 Å². The van der Waals surface area contributed by atoms with Gasteiger partial charge < -0.3 is 9.84 Å². The van der Waals surface area contributed by atoms with E-state index in [9.17, 15) is 5.11 Å². The average Bonchev–Trinajstić information content (AvgIpc) is 2.41. The number of aliphatic hydroxyl groups excluding tert-OH is 1. The molecule has 0 radical (unpaired) electrons. The molecule has 4 nitrogen and oxygen atoms in total. The Morgan fingerprint density at radius 1 is 1.35 bits per heavy atom. The van der Waals surface area contributed by atoms with Crippen molar-refractivity contribution < 1.29 is 9.84 Å². The predicted octanol–water partition coefficient (Wildman–Crippen LogP) is 3.44. The molecule has 112 valence electrons. The summed E-state index contributed by atoms with van der Waals surface area (Å²) in [5.41, 5.74) is 1.03. The van der Waals surface area contributed by atoms with Crippen LogP contribution in [0.3, 0.4) is 0 Å². The van der Waals surface area contributed by atoms with Gasteiger partial charge in [0.1, 0.15) is 11.5 Å². The van der Waals surface area contributed by atoms with Crippen molar-refractivity contribution in [2.45, 2.75) is 72.0 Å². The second kappa shape index (κ2) is 6.08. The topological polar surface area (TPSA) is 55.2 Å². The Morgan fingerprint density at radius 2 is 2.00 bits per heavy atom. The van der Waals surface area contributed by atoms with E-state index in [1.165, 1.54) is 12.8 Å². The van der Waals surface area contributed by atoms with Crippen LogP contribution in [0, 0.1) is 5.41 Å². The Kier molecular flexibility index (Phi) is 4.63. The largest absolute Gasteiger partial charge is 0.487 e. The molecular formula is C16H26N2O2. The molecule has 0 aliphatic heterocycles. The standard InChI is InChI=1S/C16H26N2O2/c1-11(2)15-17-9-14(13(10-19)18-15)20-12-5-7-16(3,4)8-6-12/h9,11-12,19H,5-8,10H2,1-4H3. The highest BCUT2D eigenvalue weighted by atomic mass is 16.5. The van der Waals surface area contributed by atoms with Gasteiger partial charge in [-0.25, -0.2) is 9.97 Å². The lowest BCUT2D eigenvalue weighted by atomic mass is 9.76. The Labute approximate surface area is 121 Å². The number of nitrogens with zero attached hydrogens (tertiary/aromatic N) is 2. The maximum Gasteiger partial charge on any atom is 0.161 e. The Morgan fingerprint density at radius 3 is 2.55 bits per heavy atom. The zero-order chi connectivity index (χ0) is 14.8. The van der Waals surface area contributed by atoms with Gasteiger partial charge in [0.05, 0.1) is 18.9 Å². The lowest BCUT2D eigenvalue weighted by molar-refractivity contribution is 0.0953. The molecule has 0 spiro atoms. The van der Waals surface area contributed by atoms with Crippen molar-refractivity contribution >= 4 is 0 Å². The summed E-state index contributed by atoms with van der Waals surface area (Å²) >= 11 is 0. The first-order valence-corrected chi connectivity index (χ1v) is 7.54. The number of aromatic nitrogens is 2. The van der Waals surface area contributed by atoms with Crippen molar-refractivity contribution in [1.82, 2.24) is 9.97 Å². The molecule has 1 aliphatic carbocycles. The lowest BCUT2D eigenvalue weighted by Gasteiger charge is -2.34. The molecule has 1 aromatic rings. The van der Waals surface area contributed by atoms with Crippen LogP contribution in [0.15, 0.2) is 6.20 Å². The van der Waals surface area contributed by atoms with Crippen LogP contribution in [0.5, 0.6) is 5.75 Å². The molecule has 0 unspecified atom stereocenters. The molecule has 1 heterocycles. The summed E-state index contributed by atoms with van der Waals surface area (Å²) < 4.78 is 6.02. The molecule has 1 N–H and O–H groups in total. The van der Waals surface area contributed by atoms with Crippen molar-refractivity contribution in [1.29, 1.82) is 0 Å². The van der Waals surface area contributed by atoms with E-state index in [0.717, 1.165) is 18.7 Å². The monoisotopic (exact) mass is 278 g/mol. The summed E-state index contributed by atoms with van der Waals surface area (Å²) in [6, 6.07) is 0. The fraction of sp³-hybridized carbons (Fsp3) is 0.750. The van der Waals surface area contributed by atoms with Gasteiger partial charge >= 0.3 is 0 Å². The second-order valence-corrected chi connectivity index (χ2v) is 6.83. The van der Waals surface area contributed by atoms with Crippen LogP contribution in [0.2, 0.25) is 0 Å². The van der Waals surface area contributed by atoms with E-state index >= 15 is 0 Å². The van der Waals surface area contributed by atoms with Gasteiger partial charge in [0.15, 0.2) is 5.75 Å². The van der Waals surface area contributed by atoms with E-state index < -0.39 is 0 Å². The minimum atomic E-state index is -0.101. The van der Waals surface area contributed by atoms with Crippen LogP contribution < -0.4 is 4.74 Å². The molecule has 20 heavy (non-hydrogen) atoms. The molecule has 1 fully saturated rings. The quantitative estimate of drug-likeness (QED) is 0.916. The van der Waals surface area contributed by atoms with Gasteiger partial charge in [0, 0.05) is 5.92 Å². The van der Waals surface area contributed by atoms with E-state index in [1.807, 2.05) is 13.8 Å². The van der Waals surface area contributed by atoms with Gasteiger partial charge in [0.25, 0.3) is 0 Å². The Hall–Kier alpha value is -1.16. The Bertz CT molecular complexity index is 448. The smallest absolute Gasteiger partial charge is 0.161 e. The average molecular weight is 278 g/mol. The molecule has 1 saturated carbocycles. The number of aliphatic hydroxyl groups is 1. The van der Waals surface area contributed by atoms with Crippen LogP contribution >= 0.6 is 0 Å². The first kappa shape index (κ1) is 15.2. The summed E-state index contributed by atoms with van der Waals surface area (Å²) in [5.74, 6) is 1.65. The van der Waals surface area contributed by atoms with Crippen LogP contribution in [-0.2, 0) is 6.61 Å². The highest BCUT2D eigenvalue weighted by molar-refractivity contribution is 5.25. The molecule has 0 bridgehead atoms. The molecule has 0 atom stereocenters. The molecular weight excluding hydrogens is 252 g/mol. The van der Waals surface area contributed by atoms with E-state index in [4.69, 9.17) is 4.74 Å². The fourth-order valence-electron chi connectivity index (χ4n) is 2.58. The van der Waals surface area contributed by atoms with Crippen LogP contribution in [0.4, 0.5) is 0 Å². The van der Waals surface area contributed by atoms with Crippen molar-refractivity contribution in [3.05, 3.63) is 17.7 Å². The third-order valence-electron chi connectivity index (χ3n) is 4.09. The van der Waals surface area contributed by atoms with Crippen LogP contribution in [0.1, 0.15) is 70.8 Å². The van der Waals surface area contributed by atoms with Gasteiger partial charge in [-0.1, -0.05) is 27.7 Å². The third kappa shape index (κ3) is 3.69. The third-order valence-corrected chi connectivity index (χ3v) is 4.09. The first-order valence-electron chi connectivity index (χ1n) is 7.54. The van der Waals surface area contributed by atoms with E-state index in [0.29, 0.717) is 16.9 Å². The number of ether oxygens (including phenoxy) is 1. The minimum Gasteiger partial charge on any atom is -0.487 e. The van der Waals surface area contributed by atoms with Crippen molar-refractivity contribution in [2.75, 3.05) is 0 Å². The summed E-state index contributed by atoms with van der Waals surface area (Å²) in [7, 11) is 0. The Balaban J connectivity index is 2.06. The SMILES string of the molecule is CC(C)c1ncc(OC2CCC(C)(C)CC2)c(CO)n1. The van der Waals surface area contributed by atoms with Crippen molar-refractivity contribution in [3.8, 4) is 5.75 Å². The van der Waals surface area contributed by atoms with E-state index in [-0.39, 0.29) is 18.6 Å². The molecule has 0 amide bonds. The lowest BCUT2D eigenvalue weighted by Crippen LogP contribution is -2.28. The predicted molar refractivity (Wildman–Crippen MR) is 78.7 cm³/mol. The summed E-state index contributed by atoms with van der Waals surface area (Å²) in [6.07, 6.45) is 6.41. The van der Waals surface area contributed by atoms with Gasteiger partial charge in [-0.15, -0.1) is 0 Å². The highest BCUT2D eigenvalue weighted by Gasteiger charge is 2.28. The zero-order valence-electron chi connectivity index (χ0n) is 13.0. The first-order chi connectivity index (χ1) is 9.41. The molecule has 0 aromatic carbocycles. The molecule has 0 saturated heterocycles. The van der Waals surface area contributed by atoms with E-state index in [2.05, 4.69) is 23.8 Å². The van der Waals surface area contributed by atoms with Crippen molar-refractivity contribution in [2.24, 2.45) is 5.41 Å². The zero-order valence-corrected chi connectivity index (χ0v) is 13.0.